The van der Waals surface area contributed by atoms with Gasteiger partial charge >= 0.3 is 17.3 Å². The van der Waals surface area contributed by atoms with Crippen LogP contribution < -0.4 is 0 Å². The number of carbonyl (C=O) groups is 1. The molecule has 0 aliphatic carbocycles. The van der Waals surface area contributed by atoms with Crippen molar-refractivity contribution in [3.05, 3.63) is 40.5 Å². The van der Waals surface area contributed by atoms with Crippen molar-refractivity contribution in [2.45, 2.75) is 43.9 Å². The van der Waals surface area contributed by atoms with Gasteiger partial charge < -0.3 is 5.11 Å². The van der Waals surface area contributed by atoms with Crippen molar-refractivity contribution in [2.24, 2.45) is 0 Å². The molecule has 14 nitrogen and oxygen atoms in total. The Balaban J connectivity index is 5.51. The maximum Gasteiger partial charge on any atom is 0.459 e. The summed E-state index contributed by atoms with van der Waals surface area (Å²) < 4.78 is 0. The molecule has 0 aromatic rings. The Bertz CT molecular complexity index is 489. The monoisotopic (exact) mass is 324 g/mol. The normalized spacial score (nSPS) is 11.7. The summed E-state index contributed by atoms with van der Waals surface area (Å²) in [6.45, 7) is 0.564. The molecule has 0 aliphatic rings. The van der Waals surface area contributed by atoms with Gasteiger partial charge in [-0.3, -0.25) is 45.3 Å². The minimum absolute atomic E-state index is 0.564. The Kier molecular flexibility index (Phi) is 5.79. The molecule has 0 heterocycles. The van der Waals surface area contributed by atoms with E-state index in [0.717, 1.165) is 0 Å². The molecule has 22 heavy (non-hydrogen) atoms. The second-order valence-electron chi connectivity index (χ2n) is 4.62. The van der Waals surface area contributed by atoms with E-state index in [4.69, 9.17) is 5.11 Å². The van der Waals surface area contributed by atoms with Crippen LogP contribution in [0.25, 0.3) is 0 Å². The third-order valence-electron chi connectivity index (χ3n) is 3.20. The maximum atomic E-state index is 11.0. The lowest BCUT2D eigenvalue weighted by Gasteiger charge is -2.18. The van der Waals surface area contributed by atoms with E-state index in [1.54, 1.807) is 0 Å². The van der Waals surface area contributed by atoms with Crippen LogP contribution in [0.5, 0.6) is 0 Å². The van der Waals surface area contributed by atoms with Crippen molar-refractivity contribution < 1.29 is 29.6 Å². The Hall–Kier alpha value is -2.93. The molecule has 0 atom stereocenters. The highest BCUT2D eigenvalue weighted by atomic mass is 16.7. The molecule has 0 aromatic heterocycles. The molecule has 0 aliphatic heterocycles. The standard InChI is InChI=1S/C8H12N4O10/c1-7(9(15)16,10(17)18)4-5-8(11(19)20,12(21)22)3-2-6(13)14/h2-5H2,1H3,(H,13,14). The average Bonchev–Trinajstić information content (AvgIpc) is 2.36. The van der Waals surface area contributed by atoms with Gasteiger partial charge in [-0.15, -0.1) is 0 Å². The summed E-state index contributed by atoms with van der Waals surface area (Å²) in [6, 6.07) is 0. The molecular formula is C8H12N4O10. The van der Waals surface area contributed by atoms with Crippen molar-refractivity contribution >= 4 is 5.97 Å². The van der Waals surface area contributed by atoms with Crippen LogP contribution in [-0.2, 0) is 4.79 Å². The van der Waals surface area contributed by atoms with Gasteiger partial charge in [0.15, 0.2) is 0 Å². The van der Waals surface area contributed by atoms with Gasteiger partial charge in [0.2, 0.25) is 0 Å². The molecule has 0 unspecified atom stereocenters. The summed E-state index contributed by atoms with van der Waals surface area (Å²) in [5.41, 5.74) is -5.88. The zero-order valence-electron chi connectivity index (χ0n) is 11.2. The summed E-state index contributed by atoms with van der Waals surface area (Å²) in [5.74, 6) is -1.54. The SMILES string of the molecule is CC(CCC(CCC(=O)O)([N+](=O)[O-])[N+](=O)[O-])([N+](=O)[O-])[N+](=O)[O-]. The maximum absolute atomic E-state index is 11.0. The van der Waals surface area contributed by atoms with E-state index in [-0.39, 0.29) is 0 Å². The lowest BCUT2D eigenvalue weighted by Crippen LogP contribution is -2.50. The summed E-state index contributed by atoms with van der Waals surface area (Å²) in [4.78, 5) is 48.4. The molecule has 0 fully saturated rings. The predicted molar refractivity (Wildman–Crippen MR) is 65.2 cm³/mol. The fraction of sp³-hybridized carbons (Fsp3) is 0.875. The van der Waals surface area contributed by atoms with Crippen molar-refractivity contribution in [3.8, 4) is 0 Å². The van der Waals surface area contributed by atoms with E-state index in [1.807, 2.05) is 0 Å². The first-order valence-corrected chi connectivity index (χ1v) is 5.70. The van der Waals surface area contributed by atoms with Gasteiger partial charge in [-0.2, -0.15) is 0 Å². The third kappa shape index (κ3) is 3.80. The van der Waals surface area contributed by atoms with Gasteiger partial charge in [0.1, 0.15) is 12.8 Å². The Morgan fingerprint density at radius 1 is 0.864 bits per heavy atom. The smallest absolute Gasteiger partial charge is 0.459 e. The van der Waals surface area contributed by atoms with Crippen molar-refractivity contribution in [3.63, 3.8) is 0 Å². The largest absolute Gasteiger partial charge is 0.481 e. The zero-order chi connectivity index (χ0) is 17.7. The first-order chi connectivity index (χ1) is 9.90. The summed E-state index contributed by atoms with van der Waals surface area (Å²) in [5, 5.41) is 51.8. The second-order valence-corrected chi connectivity index (χ2v) is 4.62. The van der Waals surface area contributed by atoms with Crippen LogP contribution in [0.4, 0.5) is 0 Å². The van der Waals surface area contributed by atoms with Crippen LogP contribution >= 0.6 is 0 Å². The van der Waals surface area contributed by atoms with E-state index in [2.05, 4.69) is 0 Å². The molecule has 14 heteroatoms. The number of hydrogen-bond donors (Lipinski definition) is 1. The van der Waals surface area contributed by atoms with Crippen molar-refractivity contribution in [1.29, 1.82) is 0 Å². The fourth-order valence-electron chi connectivity index (χ4n) is 1.55. The molecule has 0 aromatic carbocycles. The first kappa shape index (κ1) is 19.1. The Morgan fingerprint density at radius 2 is 1.27 bits per heavy atom. The number of nitro groups is 4. The molecule has 0 amide bonds. The number of carboxylic acid groups (broad SMARTS) is 1. The molecule has 0 spiro atoms. The van der Waals surface area contributed by atoms with Gasteiger partial charge in [-0.05, 0) is 0 Å². The number of nitrogens with zero attached hydrogens (tertiary/aromatic N) is 4. The third-order valence-corrected chi connectivity index (χ3v) is 3.20. The molecule has 0 saturated heterocycles. The molecule has 124 valence electrons. The quantitative estimate of drug-likeness (QED) is 0.326. The van der Waals surface area contributed by atoms with E-state index in [0.29, 0.717) is 6.92 Å². The summed E-state index contributed by atoms with van der Waals surface area (Å²) in [7, 11) is 0. The Morgan fingerprint density at radius 3 is 1.55 bits per heavy atom. The lowest BCUT2D eigenvalue weighted by molar-refractivity contribution is -0.813. The molecular weight excluding hydrogens is 312 g/mol. The highest BCUT2D eigenvalue weighted by Crippen LogP contribution is 2.29. The van der Waals surface area contributed by atoms with Crippen LogP contribution in [0.3, 0.4) is 0 Å². The van der Waals surface area contributed by atoms with Gasteiger partial charge in [-0.25, -0.2) is 0 Å². The molecule has 0 rings (SSSR count). The van der Waals surface area contributed by atoms with Crippen LogP contribution in [-0.4, -0.2) is 42.1 Å². The van der Waals surface area contributed by atoms with Crippen LogP contribution in [0.2, 0.25) is 0 Å². The molecule has 0 radical (unpaired) electrons. The highest BCUT2D eigenvalue weighted by Gasteiger charge is 2.61. The summed E-state index contributed by atoms with van der Waals surface area (Å²) >= 11 is 0. The molecule has 1 N–H and O–H groups in total. The van der Waals surface area contributed by atoms with E-state index >= 15 is 0 Å². The number of hydrogen-bond acceptors (Lipinski definition) is 9. The van der Waals surface area contributed by atoms with Crippen LogP contribution in [0, 0.1) is 40.5 Å². The molecule has 0 bridgehead atoms. The highest BCUT2D eigenvalue weighted by molar-refractivity contribution is 5.66. The number of carboxylic acids is 1. The van der Waals surface area contributed by atoms with E-state index in [9.17, 15) is 45.3 Å². The van der Waals surface area contributed by atoms with Crippen LogP contribution in [0.1, 0.15) is 32.6 Å². The first-order valence-electron chi connectivity index (χ1n) is 5.70. The zero-order valence-corrected chi connectivity index (χ0v) is 11.2. The van der Waals surface area contributed by atoms with Crippen molar-refractivity contribution in [1.82, 2.24) is 0 Å². The fourth-order valence-corrected chi connectivity index (χ4v) is 1.55. The van der Waals surface area contributed by atoms with Gasteiger partial charge in [0.05, 0.1) is 39.5 Å². The van der Waals surface area contributed by atoms with Crippen molar-refractivity contribution in [2.75, 3.05) is 0 Å². The number of rotatable bonds is 10. The van der Waals surface area contributed by atoms with Gasteiger partial charge in [0.25, 0.3) is 0 Å². The average molecular weight is 324 g/mol. The van der Waals surface area contributed by atoms with Crippen LogP contribution in [0.15, 0.2) is 0 Å². The van der Waals surface area contributed by atoms with Gasteiger partial charge in [-0.1, -0.05) is 0 Å². The molecule has 0 saturated carbocycles. The minimum Gasteiger partial charge on any atom is -0.481 e. The lowest BCUT2D eigenvalue weighted by atomic mass is 9.94. The summed E-state index contributed by atoms with van der Waals surface area (Å²) in [6.07, 6.45) is -4.24. The number of aliphatic carboxylic acids is 1. The second kappa shape index (κ2) is 6.68. The predicted octanol–water partition coefficient (Wildman–Crippen LogP) is 0.151. The van der Waals surface area contributed by atoms with E-state index < -0.39 is 62.7 Å². The topological polar surface area (TPSA) is 210 Å². The minimum atomic E-state index is -3.04. The van der Waals surface area contributed by atoms with Gasteiger partial charge in [0, 0.05) is 0 Å². The van der Waals surface area contributed by atoms with E-state index in [1.165, 1.54) is 0 Å². The Labute approximate surface area is 121 Å².